The number of hydrogen-bond acceptors (Lipinski definition) is 6. The van der Waals surface area contributed by atoms with Crippen molar-refractivity contribution in [3.63, 3.8) is 0 Å². The number of nitrogens with zero attached hydrogens (tertiary/aromatic N) is 3. The molecule has 0 bridgehead atoms. The quantitative estimate of drug-likeness (QED) is 0.611. The first-order chi connectivity index (χ1) is 9.99. The lowest BCUT2D eigenvalue weighted by Crippen LogP contribution is -2.68. The number of amides is 1. The molecular formula is C12H14N4O4S. The van der Waals surface area contributed by atoms with Crippen molar-refractivity contribution in [1.29, 1.82) is 0 Å². The Kier molecular flexibility index (Phi) is 3.38. The Hall–Kier alpha value is -2.00. The molecule has 2 aliphatic heterocycles. The maximum Gasteiger partial charge on any atom is 0.512 e. The van der Waals surface area contributed by atoms with Gasteiger partial charge in [-0.05, 0) is 6.92 Å². The standard InChI is InChI=1S/C12H14N4O4S/c1-6-14-2-3-15(6)4-7-5-21-11-8(13)9(17)16(11)10(7)20-12(18)19/h2-3,8,11H,4-5,13H2,1H3,(H,18,19)/t8?,11-/m0/s1. The smallest absolute Gasteiger partial charge is 0.449 e. The van der Waals surface area contributed by atoms with Crippen LogP contribution in [-0.2, 0) is 16.1 Å². The highest BCUT2D eigenvalue weighted by atomic mass is 32.2. The van der Waals surface area contributed by atoms with E-state index in [4.69, 9.17) is 15.6 Å². The molecule has 1 saturated heterocycles. The number of aromatic nitrogens is 2. The van der Waals surface area contributed by atoms with Crippen molar-refractivity contribution in [3.05, 3.63) is 29.7 Å². The number of carbonyl (C=O) groups excluding carboxylic acids is 1. The summed E-state index contributed by atoms with van der Waals surface area (Å²) >= 11 is 1.51. The van der Waals surface area contributed by atoms with E-state index in [-0.39, 0.29) is 17.2 Å². The van der Waals surface area contributed by atoms with Gasteiger partial charge in [-0.1, -0.05) is 0 Å². The van der Waals surface area contributed by atoms with Gasteiger partial charge >= 0.3 is 6.16 Å². The number of carbonyl (C=O) groups is 2. The van der Waals surface area contributed by atoms with Crippen LogP contribution in [0.5, 0.6) is 0 Å². The molecule has 0 saturated carbocycles. The lowest BCUT2D eigenvalue weighted by Gasteiger charge is -2.47. The van der Waals surface area contributed by atoms with E-state index in [1.165, 1.54) is 16.7 Å². The molecule has 21 heavy (non-hydrogen) atoms. The summed E-state index contributed by atoms with van der Waals surface area (Å²) in [4.78, 5) is 28.2. The number of ether oxygens (including phenoxy) is 1. The third-order valence-corrected chi connectivity index (χ3v) is 4.86. The Balaban J connectivity index is 1.93. The fraction of sp³-hybridized carbons (Fsp3) is 0.417. The molecule has 0 aromatic carbocycles. The van der Waals surface area contributed by atoms with Gasteiger partial charge in [0.15, 0.2) is 0 Å². The first-order valence-corrected chi connectivity index (χ1v) is 7.34. The normalized spacial score (nSPS) is 24.7. The molecule has 1 amide bonds. The van der Waals surface area contributed by atoms with Crippen LogP contribution < -0.4 is 5.73 Å². The molecule has 3 N–H and O–H groups in total. The summed E-state index contributed by atoms with van der Waals surface area (Å²) in [6.45, 7) is 2.27. The number of aryl methyl sites for hydroxylation is 1. The van der Waals surface area contributed by atoms with E-state index in [2.05, 4.69) is 4.98 Å². The Labute approximate surface area is 124 Å². The molecule has 3 heterocycles. The monoisotopic (exact) mass is 310 g/mol. The molecule has 2 aliphatic rings. The van der Waals surface area contributed by atoms with Crippen molar-refractivity contribution in [2.75, 3.05) is 5.75 Å². The zero-order chi connectivity index (χ0) is 15.1. The maximum atomic E-state index is 11.9. The largest absolute Gasteiger partial charge is 0.512 e. The SMILES string of the molecule is Cc1nccn1CC1=C(OC(=O)O)N2C(=O)C(N)[C@@H]2SC1. The van der Waals surface area contributed by atoms with Crippen molar-refractivity contribution in [3.8, 4) is 0 Å². The molecular weight excluding hydrogens is 296 g/mol. The van der Waals surface area contributed by atoms with Crippen molar-refractivity contribution in [2.45, 2.75) is 24.9 Å². The molecule has 112 valence electrons. The summed E-state index contributed by atoms with van der Waals surface area (Å²) in [5.41, 5.74) is 6.44. The Bertz CT molecular complexity index is 641. The van der Waals surface area contributed by atoms with Gasteiger partial charge in [-0.3, -0.25) is 9.69 Å². The van der Waals surface area contributed by atoms with Crippen molar-refractivity contribution >= 4 is 23.8 Å². The molecule has 1 aromatic rings. The zero-order valence-electron chi connectivity index (χ0n) is 11.2. The number of hydrogen-bond donors (Lipinski definition) is 2. The second-order valence-corrected chi connectivity index (χ2v) is 5.92. The highest BCUT2D eigenvalue weighted by molar-refractivity contribution is 8.00. The number of β-lactam (4-membered cyclic amide) rings is 1. The van der Waals surface area contributed by atoms with Gasteiger partial charge in [-0.2, -0.15) is 0 Å². The minimum Gasteiger partial charge on any atom is -0.449 e. The fourth-order valence-electron chi connectivity index (χ4n) is 2.39. The Morgan fingerprint density at radius 2 is 2.43 bits per heavy atom. The Morgan fingerprint density at radius 1 is 1.67 bits per heavy atom. The van der Waals surface area contributed by atoms with Gasteiger partial charge in [-0.15, -0.1) is 11.8 Å². The topological polar surface area (TPSA) is 111 Å². The van der Waals surface area contributed by atoms with Crippen LogP contribution in [0.2, 0.25) is 0 Å². The number of thioether (sulfide) groups is 1. The van der Waals surface area contributed by atoms with Gasteiger partial charge in [0, 0.05) is 23.7 Å². The minimum atomic E-state index is -1.44. The van der Waals surface area contributed by atoms with Gasteiger partial charge in [0.2, 0.25) is 11.8 Å². The molecule has 2 atom stereocenters. The minimum absolute atomic E-state index is 0.0889. The molecule has 1 aromatic heterocycles. The molecule has 0 spiro atoms. The van der Waals surface area contributed by atoms with E-state index in [0.29, 0.717) is 12.3 Å². The van der Waals surface area contributed by atoms with E-state index in [9.17, 15) is 9.59 Å². The lowest BCUT2D eigenvalue weighted by molar-refractivity contribution is -0.144. The molecule has 8 nitrogen and oxygen atoms in total. The summed E-state index contributed by atoms with van der Waals surface area (Å²) in [6.07, 6.45) is 2.02. The van der Waals surface area contributed by atoms with Crippen LogP contribution in [0.1, 0.15) is 5.82 Å². The molecule has 1 fully saturated rings. The van der Waals surface area contributed by atoms with Gasteiger partial charge < -0.3 is 20.1 Å². The summed E-state index contributed by atoms with van der Waals surface area (Å²) in [7, 11) is 0. The van der Waals surface area contributed by atoms with E-state index < -0.39 is 12.2 Å². The predicted octanol–water partition coefficient (Wildman–Crippen LogP) is 0.340. The second-order valence-electron chi connectivity index (χ2n) is 4.81. The van der Waals surface area contributed by atoms with Gasteiger partial charge in [0.05, 0.1) is 6.54 Å². The third-order valence-electron chi connectivity index (χ3n) is 3.50. The van der Waals surface area contributed by atoms with Gasteiger partial charge in [-0.25, -0.2) is 9.78 Å². The van der Waals surface area contributed by atoms with Crippen LogP contribution in [0.4, 0.5) is 4.79 Å². The molecule has 0 aliphatic carbocycles. The predicted molar refractivity (Wildman–Crippen MR) is 74.2 cm³/mol. The number of nitrogens with two attached hydrogens (primary N) is 1. The van der Waals surface area contributed by atoms with Crippen LogP contribution >= 0.6 is 11.8 Å². The van der Waals surface area contributed by atoms with Gasteiger partial charge in [0.1, 0.15) is 17.2 Å². The van der Waals surface area contributed by atoms with Crippen LogP contribution in [0.25, 0.3) is 0 Å². The third kappa shape index (κ3) is 2.28. The second kappa shape index (κ2) is 5.08. The van der Waals surface area contributed by atoms with Gasteiger partial charge in [0.25, 0.3) is 0 Å². The highest BCUT2D eigenvalue weighted by Gasteiger charge is 2.51. The maximum absolute atomic E-state index is 11.9. The molecule has 1 unspecified atom stereocenters. The number of fused-ring (bicyclic) bond motifs is 1. The summed E-state index contributed by atoms with van der Waals surface area (Å²) < 4.78 is 6.71. The zero-order valence-corrected chi connectivity index (χ0v) is 12.0. The van der Waals surface area contributed by atoms with Crippen LogP contribution in [-0.4, -0.2) is 48.8 Å². The van der Waals surface area contributed by atoms with Crippen LogP contribution in [0, 0.1) is 6.92 Å². The highest BCUT2D eigenvalue weighted by Crippen LogP contribution is 2.40. The summed E-state index contributed by atoms with van der Waals surface area (Å²) in [5, 5.41) is 8.64. The first kappa shape index (κ1) is 14.0. The number of carboxylic acid groups (broad SMARTS) is 1. The van der Waals surface area contributed by atoms with Crippen molar-refractivity contribution in [1.82, 2.24) is 14.5 Å². The van der Waals surface area contributed by atoms with Crippen molar-refractivity contribution in [2.24, 2.45) is 5.73 Å². The van der Waals surface area contributed by atoms with Crippen LogP contribution in [0.3, 0.4) is 0 Å². The average Bonchev–Trinajstić information content (AvgIpc) is 2.84. The molecule has 0 radical (unpaired) electrons. The van der Waals surface area contributed by atoms with E-state index in [1.54, 1.807) is 12.4 Å². The Morgan fingerprint density at radius 3 is 3.05 bits per heavy atom. The molecule has 9 heteroatoms. The summed E-state index contributed by atoms with van der Waals surface area (Å²) in [5.74, 6) is 1.13. The van der Waals surface area contributed by atoms with E-state index in [1.807, 2.05) is 11.5 Å². The van der Waals surface area contributed by atoms with Crippen molar-refractivity contribution < 1.29 is 19.4 Å². The fourth-order valence-corrected chi connectivity index (χ4v) is 3.65. The number of rotatable bonds is 3. The van der Waals surface area contributed by atoms with Crippen LogP contribution in [0.15, 0.2) is 23.8 Å². The first-order valence-electron chi connectivity index (χ1n) is 6.30. The number of imidazole rings is 1. The lowest BCUT2D eigenvalue weighted by atomic mass is 10.1. The summed E-state index contributed by atoms with van der Waals surface area (Å²) in [6, 6.07) is -0.598. The molecule has 3 rings (SSSR count). The average molecular weight is 310 g/mol. The van der Waals surface area contributed by atoms with E-state index >= 15 is 0 Å². The van der Waals surface area contributed by atoms with E-state index in [0.717, 1.165) is 11.4 Å².